The van der Waals surface area contributed by atoms with Crippen LogP contribution >= 0.6 is 0 Å². The molecule has 2 fully saturated rings. The number of hydrogen-bond donors (Lipinski definition) is 2. The smallest absolute Gasteiger partial charge is 0.251 e. The Kier molecular flexibility index (Phi) is 4.91. The fourth-order valence-corrected chi connectivity index (χ4v) is 4.51. The predicted octanol–water partition coefficient (Wildman–Crippen LogP) is 0.349. The number of benzene rings is 1. The maximum atomic E-state index is 12.9. The summed E-state index contributed by atoms with van der Waals surface area (Å²) >= 11 is 0. The third-order valence-electron chi connectivity index (χ3n) is 4.32. The highest BCUT2D eigenvalue weighted by atomic mass is 32.2. The zero-order valence-corrected chi connectivity index (χ0v) is 14.3. The number of aliphatic hydroxyl groups excluding tert-OH is 1. The number of likely N-dealkylation sites (N-methyl/N-ethyl adjacent to an activating group) is 1. The molecule has 24 heavy (non-hydrogen) atoms. The van der Waals surface area contributed by atoms with E-state index in [0.717, 1.165) is 12.8 Å². The van der Waals surface area contributed by atoms with Crippen LogP contribution in [-0.2, 0) is 14.8 Å². The van der Waals surface area contributed by atoms with Gasteiger partial charge in [-0.05, 0) is 31.0 Å². The van der Waals surface area contributed by atoms with Crippen LogP contribution < -0.4 is 5.32 Å². The van der Waals surface area contributed by atoms with Crippen molar-refractivity contribution < 1.29 is 23.1 Å². The van der Waals surface area contributed by atoms with Crippen LogP contribution in [0.3, 0.4) is 0 Å². The molecule has 7 nitrogen and oxygen atoms in total. The van der Waals surface area contributed by atoms with E-state index in [1.807, 2.05) is 0 Å². The highest BCUT2D eigenvalue weighted by molar-refractivity contribution is 7.89. The average Bonchev–Trinajstić information content (AvgIpc) is 3.28. The molecular formula is C16H22N2O5S. The van der Waals surface area contributed by atoms with Gasteiger partial charge in [0.1, 0.15) is 0 Å². The topological polar surface area (TPSA) is 95.9 Å². The van der Waals surface area contributed by atoms with Gasteiger partial charge in [0, 0.05) is 18.2 Å². The second-order valence-corrected chi connectivity index (χ2v) is 8.05. The van der Waals surface area contributed by atoms with Crippen LogP contribution in [0.25, 0.3) is 0 Å². The van der Waals surface area contributed by atoms with Crippen LogP contribution in [0.2, 0.25) is 0 Å². The van der Waals surface area contributed by atoms with Crippen molar-refractivity contribution in [2.45, 2.75) is 42.8 Å². The molecule has 1 aliphatic heterocycles. The van der Waals surface area contributed by atoms with E-state index in [9.17, 15) is 18.3 Å². The summed E-state index contributed by atoms with van der Waals surface area (Å²) in [5, 5.41) is 12.8. The number of sulfonamides is 1. The lowest BCUT2D eigenvalue weighted by Gasteiger charge is -2.28. The molecule has 3 rings (SSSR count). The van der Waals surface area contributed by atoms with Crippen LogP contribution in [0.4, 0.5) is 0 Å². The quantitative estimate of drug-likeness (QED) is 0.768. The van der Waals surface area contributed by atoms with E-state index < -0.39 is 22.2 Å². The third-order valence-corrected chi connectivity index (χ3v) is 6.31. The summed E-state index contributed by atoms with van der Waals surface area (Å²) in [6.45, 7) is 2.22. The SMILES string of the molecule is CCN([C@@H]1COC[C@H]1O)S(=O)(=O)c1cccc(C(=O)NC2CC2)c1. The molecule has 132 valence electrons. The summed E-state index contributed by atoms with van der Waals surface area (Å²) in [6.07, 6.45) is 1.08. The number of carbonyl (C=O) groups excluding carboxylic acids is 1. The van der Waals surface area contributed by atoms with Crippen molar-refractivity contribution in [3.05, 3.63) is 29.8 Å². The number of nitrogens with zero attached hydrogens (tertiary/aromatic N) is 1. The molecule has 2 aliphatic rings. The van der Waals surface area contributed by atoms with Gasteiger partial charge in [-0.25, -0.2) is 8.42 Å². The molecule has 1 amide bonds. The first kappa shape index (κ1) is 17.3. The van der Waals surface area contributed by atoms with Crippen LogP contribution in [0.1, 0.15) is 30.1 Å². The number of carbonyl (C=O) groups is 1. The summed E-state index contributed by atoms with van der Waals surface area (Å²) in [6, 6.07) is 5.61. The second-order valence-electron chi connectivity index (χ2n) is 6.16. The molecule has 8 heteroatoms. The zero-order chi connectivity index (χ0) is 17.3. The molecule has 1 saturated heterocycles. The van der Waals surface area contributed by atoms with E-state index in [4.69, 9.17) is 4.74 Å². The molecule has 2 atom stereocenters. The average molecular weight is 354 g/mol. The number of aliphatic hydroxyl groups is 1. The van der Waals surface area contributed by atoms with Crippen molar-refractivity contribution in [2.24, 2.45) is 0 Å². The van der Waals surface area contributed by atoms with Crippen molar-refractivity contribution >= 4 is 15.9 Å². The highest BCUT2D eigenvalue weighted by Crippen LogP contribution is 2.24. The van der Waals surface area contributed by atoms with Gasteiger partial charge in [-0.1, -0.05) is 13.0 Å². The first-order valence-corrected chi connectivity index (χ1v) is 9.56. The Morgan fingerprint density at radius 2 is 2.12 bits per heavy atom. The van der Waals surface area contributed by atoms with Crippen molar-refractivity contribution in [1.29, 1.82) is 0 Å². The van der Waals surface area contributed by atoms with Crippen LogP contribution in [0.15, 0.2) is 29.2 Å². The Labute approximate surface area is 141 Å². The molecule has 1 aromatic rings. The van der Waals surface area contributed by atoms with E-state index in [-0.39, 0.29) is 36.6 Å². The maximum Gasteiger partial charge on any atom is 0.251 e. The van der Waals surface area contributed by atoms with Crippen molar-refractivity contribution in [2.75, 3.05) is 19.8 Å². The number of hydrogen-bond acceptors (Lipinski definition) is 5. The molecule has 0 spiro atoms. The molecule has 1 aromatic carbocycles. The Hall–Kier alpha value is -1.48. The largest absolute Gasteiger partial charge is 0.389 e. The van der Waals surface area contributed by atoms with Gasteiger partial charge in [0.25, 0.3) is 5.91 Å². The van der Waals surface area contributed by atoms with Gasteiger partial charge >= 0.3 is 0 Å². The first-order valence-electron chi connectivity index (χ1n) is 8.12. The standard InChI is InChI=1S/C16H22N2O5S/c1-2-18(14-9-23-10-15(14)19)24(21,22)13-5-3-4-11(8-13)16(20)17-12-6-7-12/h3-5,8,12,14-15,19H,2,6-7,9-10H2,1H3,(H,17,20)/t14-,15-/m1/s1. The van der Waals surface area contributed by atoms with Crippen LogP contribution in [0.5, 0.6) is 0 Å². The Balaban J connectivity index is 1.86. The Morgan fingerprint density at radius 1 is 1.38 bits per heavy atom. The summed E-state index contributed by atoms with van der Waals surface area (Å²) in [5.74, 6) is -0.262. The highest BCUT2D eigenvalue weighted by Gasteiger charge is 2.38. The van der Waals surface area contributed by atoms with Crippen molar-refractivity contribution in [1.82, 2.24) is 9.62 Å². The summed E-state index contributed by atoms with van der Waals surface area (Å²) in [7, 11) is -3.82. The molecule has 1 heterocycles. The molecule has 1 aliphatic carbocycles. The van der Waals surface area contributed by atoms with Crippen molar-refractivity contribution in [3.63, 3.8) is 0 Å². The monoisotopic (exact) mass is 354 g/mol. The molecule has 2 N–H and O–H groups in total. The third kappa shape index (κ3) is 3.46. The van der Waals surface area contributed by atoms with Gasteiger partial charge in [0.05, 0.1) is 30.3 Å². The Morgan fingerprint density at radius 3 is 2.71 bits per heavy atom. The number of rotatable bonds is 6. The van der Waals surface area contributed by atoms with Gasteiger partial charge < -0.3 is 15.2 Å². The number of ether oxygens (including phenoxy) is 1. The molecule has 0 bridgehead atoms. The van der Waals surface area contributed by atoms with Crippen LogP contribution in [-0.4, -0.2) is 61.7 Å². The normalized spacial score (nSPS) is 24.3. The molecular weight excluding hydrogens is 332 g/mol. The predicted molar refractivity (Wildman–Crippen MR) is 87.1 cm³/mol. The van der Waals surface area contributed by atoms with Gasteiger partial charge in [-0.2, -0.15) is 4.31 Å². The minimum Gasteiger partial charge on any atom is -0.389 e. The first-order chi connectivity index (χ1) is 11.4. The number of nitrogens with one attached hydrogen (secondary N) is 1. The van der Waals surface area contributed by atoms with E-state index in [0.29, 0.717) is 5.56 Å². The van der Waals surface area contributed by atoms with Crippen LogP contribution in [0, 0.1) is 0 Å². The van der Waals surface area contributed by atoms with E-state index in [1.165, 1.54) is 16.4 Å². The van der Waals surface area contributed by atoms with Gasteiger partial charge in [0.2, 0.25) is 10.0 Å². The minimum absolute atomic E-state index is 0.0481. The lowest BCUT2D eigenvalue weighted by atomic mass is 10.2. The molecule has 0 unspecified atom stereocenters. The zero-order valence-electron chi connectivity index (χ0n) is 13.5. The minimum atomic E-state index is -3.82. The van der Waals surface area contributed by atoms with E-state index >= 15 is 0 Å². The molecule has 0 radical (unpaired) electrons. The lowest BCUT2D eigenvalue weighted by Crippen LogP contribution is -2.46. The fraction of sp³-hybridized carbons (Fsp3) is 0.562. The summed E-state index contributed by atoms with van der Waals surface area (Å²) < 4.78 is 32.3. The summed E-state index contributed by atoms with van der Waals surface area (Å²) in [5.41, 5.74) is 0.322. The van der Waals surface area contributed by atoms with Gasteiger partial charge in [-0.15, -0.1) is 0 Å². The van der Waals surface area contributed by atoms with E-state index in [1.54, 1.807) is 19.1 Å². The van der Waals surface area contributed by atoms with E-state index in [2.05, 4.69) is 5.32 Å². The Bertz CT molecular complexity index is 717. The summed E-state index contributed by atoms with van der Waals surface area (Å²) in [4.78, 5) is 12.2. The number of amides is 1. The molecule has 1 saturated carbocycles. The fourth-order valence-electron chi connectivity index (χ4n) is 2.82. The van der Waals surface area contributed by atoms with Gasteiger partial charge in [0.15, 0.2) is 0 Å². The molecule has 0 aromatic heterocycles. The maximum absolute atomic E-state index is 12.9. The van der Waals surface area contributed by atoms with Gasteiger partial charge in [-0.3, -0.25) is 4.79 Å². The lowest BCUT2D eigenvalue weighted by molar-refractivity contribution is 0.0950. The second kappa shape index (κ2) is 6.79. The van der Waals surface area contributed by atoms with Crippen molar-refractivity contribution in [3.8, 4) is 0 Å².